The molecule has 0 radical (unpaired) electrons. The van der Waals surface area contributed by atoms with Gasteiger partial charge in [-0.25, -0.2) is 9.78 Å². The van der Waals surface area contributed by atoms with E-state index >= 15 is 0 Å². The molecule has 0 aliphatic carbocycles. The second kappa shape index (κ2) is 6.13. The summed E-state index contributed by atoms with van der Waals surface area (Å²) in [5.74, 6) is -1.52. The van der Waals surface area contributed by atoms with E-state index in [1.807, 2.05) is 0 Å². The number of nitrogens with zero attached hydrogens (tertiary/aromatic N) is 1. The second-order valence-corrected chi connectivity index (χ2v) is 5.45. The molecule has 0 aliphatic heterocycles. The zero-order valence-electron chi connectivity index (χ0n) is 12.9. The third-order valence-electron chi connectivity index (χ3n) is 3.74. The maximum Gasteiger partial charge on any atom is 0.336 e. The Morgan fingerprint density at radius 2 is 2.08 bits per heavy atom. The largest absolute Gasteiger partial charge is 0.478 e. The lowest BCUT2D eigenvalue weighted by molar-refractivity contribution is 0.0695. The molecule has 7 heteroatoms. The molecular weight excluding hydrogens is 308 g/mol. The molecule has 122 valence electrons. The van der Waals surface area contributed by atoms with Crippen LogP contribution in [-0.2, 0) is 0 Å². The summed E-state index contributed by atoms with van der Waals surface area (Å²) in [7, 11) is 0. The molecular formula is C17H16N4O3. The lowest BCUT2D eigenvalue weighted by Gasteiger charge is -2.12. The number of fused-ring (bicyclic) bond motifs is 1. The van der Waals surface area contributed by atoms with Gasteiger partial charge in [-0.15, -0.1) is 0 Å². The maximum absolute atomic E-state index is 12.5. The first kappa shape index (κ1) is 15.7. The summed E-state index contributed by atoms with van der Waals surface area (Å²) in [4.78, 5) is 31.0. The lowest BCUT2D eigenvalue weighted by Crippen LogP contribution is -2.16. The number of carboxylic acid groups (broad SMARTS) is 1. The monoisotopic (exact) mass is 324 g/mol. The smallest absolute Gasteiger partial charge is 0.336 e. The number of aromatic nitrogens is 2. The van der Waals surface area contributed by atoms with Crippen LogP contribution in [0.1, 0.15) is 39.2 Å². The van der Waals surface area contributed by atoms with Gasteiger partial charge in [-0.1, -0.05) is 6.07 Å². The van der Waals surface area contributed by atoms with E-state index in [0.29, 0.717) is 16.9 Å². The first-order chi connectivity index (χ1) is 11.5. The number of amides is 1. The van der Waals surface area contributed by atoms with Crippen molar-refractivity contribution in [2.75, 3.05) is 5.32 Å². The number of rotatable bonds is 4. The molecule has 7 nitrogen and oxygen atoms in total. The molecule has 24 heavy (non-hydrogen) atoms. The quantitative estimate of drug-likeness (QED) is 0.587. The van der Waals surface area contributed by atoms with Crippen molar-refractivity contribution in [3.63, 3.8) is 0 Å². The average molecular weight is 324 g/mol. The van der Waals surface area contributed by atoms with Gasteiger partial charge in [-0.3, -0.25) is 4.79 Å². The SMILES string of the molecule is CC(N)c1ccc(C(=O)Nc2ccnc3[nH]ccc23)cc1C(=O)O. The highest BCUT2D eigenvalue weighted by molar-refractivity contribution is 6.09. The minimum absolute atomic E-state index is 0.0270. The number of carbonyl (C=O) groups is 2. The van der Waals surface area contributed by atoms with E-state index in [1.165, 1.54) is 6.07 Å². The van der Waals surface area contributed by atoms with E-state index in [4.69, 9.17) is 5.73 Å². The van der Waals surface area contributed by atoms with Crippen molar-refractivity contribution in [2.24, 2.45) is 5.73 Å². The molecule has 2 aromatic heterocycles. The maximum atomic E-state index is 12.5. The van der Waals surface area contributed by atoms with E-state index in [1.54, 1.807) is 43.6 Å². The number of benzene rings is 1. The molecule has 1 unspecified atom stereocenters. The van der Waals surface area contributed by atoms with Crippen molar-refractivity contribution < 1.29 is 14.7 Å². The van der Waals surface area contributed by atoms with Crippen molar-refractivity contribution in [3.05, 3.63) is 59.4 Å². The number of aromatic carboxylic acids is 1. The molecule has 0 aliphatic rings. The second-order valence-electron chi connectivity index (χ2n) is 5.45. The predicted octanol–water partition coefficient (Wildman–Crippen LogP) is 2.53. The normalized spacial score (nSPS) is 12.1. The topological polar surface area (TPSA) is 121 Å². The molecule has 0 spiro atoms. The van der Waals surface area contributed by atoms with Gasteiger partial charge in [0.1, 0.15) is 5.65 Å². The van der Waals surface area contributed by atoms with E-state index in [-0.39, 0.29) is 11.1 Å². The molecule has 1 amide bonds. The first-order valence-electron chi connectivity index (χ1n) is 7.33. The Labute approximate surface area is 137 Å². The number of nitrogens with one attached hydrogen (secondary N) is 2. The minimum Gasteiger partial charge on any atom is -0.478 e. The van der Waals surface area contributed by atoms with Crippen molar-refractivity contribution in [1.82, 2.24) is 9.97 Å². The highest BCUT2D eigenvalue weighted by Crippen LogP contribution is 2.22. The fourth-order valence-electron chi connectivity index (χ4n) is 2.54. The van der Waals surface area contributed by atoms with E-state index in [2.05, 4.69) is 15.3 Å². The van der Waals surface area contributed by atoms with E-state index in [0.717, 1.165) is 5.39 Å². The molecule has 0 fully saturated rings. The number of hydrogen-bond acceptors (Lipinski definition) is 4. The number of pyridine rings is 1. The summed E-state index contributed by atoms with van der Waals surface area (Å²) in [6, 6.07) is 7.53. The number of anilines is 1. The van der Waals surface area contributed by atoms with Gasteiger partial charge >= 0.3 is 5.97 Å². The van der Waals surface area contributed by atoms with Gasteiger partial charge in [0.15, 0.2) is 0 Å². The summed E-state index contributed by atoms with van der Waals surface area (Å²) >= 11 is 0. The molecule has 1 aromatic carbocycles. The standard InChI is InChI=1S/C17H16N4O3/c1-9(18)11-3-2-10(8-13(11)17(23)24)16(22)21-14-5-7-20-15-12(14)4-6-19-15/h2-9H,18H2,1H3,(H,23,24)(H2,19,20,21,22). The van der Waals surface area contributed by atoms with Crippen molar-refractivity contribution >= 4 is 28.6 Å². The summed E-state index contributed by atoms with van der Waals surface area (Å²) in [6.45, 7) is 1.70. The number of hydrogen-bond donors (Lipinski definition) is 4. The van der Waals surface area contributed by atoms with Gasteiger partial charge in [0.05, 0.1) is 11.3 Å². The van der Waals surface area contributed by atoms with Crippen LogP contribution in [0, 0.1) is 0 Å². The Morgan fingerprint density at radius 3 is 2.79 bits per heavy atom. The molecule has 3 aromatic rings. The summed E-state index contributed by atoms with van der Waals surface area (Å²) in [5.41, 5.74) is 7.79. The molecule has 2 heterocycles. The van der Waals surface area contributed by atoms with Crippen molar-refractivity contribution in [2.45, 2.75) is 13.0 Å². The van der Waals surface area contributed by atoms with Gasteiger partial charge in [0, 0.05) is 29.4 Å². The molecule has 0 bridgehead atoms. The van der Waals surface area contributed by atoms with Crippen LogP contribution in [0.25, 0.3) is 11.0 Å². The fourth-order valence-corrected chi connectivity index (χ4v) is 2.54. The zero-order valence-corrected chi connectivity index (χ0v) is 12.9. The van der Waals surface area contributed by atoms with Crippen molar-refractivity contribution in [3.8, 4) is 0 Å². The van der Waals surface area contributed by atoms with Crippen LogP contribution in [-0.4, -0.2) is 27.0 Å². The van der Waals surface area contributed by atoms with Gasteiger partial charge in [0.2, 0.25) is 0 Å². The predicted molar refractivity (Wildman–Crippen MR) is 90.1 cm³/mol. The van der Waals surface area contributed by atoms with Crippen LogP contribution < -0.4 is 11.1 Å². The average Bonchev–Trinajstić information content (AvgIpc) is 3.03. The molecule has 3 rings (SSSR count). The van der Waals surface area contributed by atoms with Crippen LogP contribution in [0.15, 0.2) is 42.7 Å². The van der Waals surface area contributed by atoms with E-state index in [9.17, 15) is 14.7 Å². The van der Waals surface area contributed by atoms with Crippen LogP contribution in [0.2, 0.25) is 0 Å². The highest BCUT2D eigenvalue weighted by Gasteiger charge is 2.17. The Bertz CT molecular complexity index is 930. The Hall–Kier alpha value is -3.19. The van der Waals surface area contributed by atoms with Gasteiger partial charge in [-0.05, 0) is 36.8 Å². The third kappa shape index (κ3) is 2.84. The van der Waals surface area contributed by atoms with Gasteiger partial charge < -0.3 is 21.1 Å². The Balaban J connectivity index is 1.94. The van der Waals surface area contributed by atoms with Crippen molar-refractivity contribution in [1.29, 1.82) is 0 Å². The number of carbonyl (C=O) groups excluding carboxylic acids is 1. The number of nitrogens with two attached hydrogens (primary N) is 1. The van der Waals surface area contributed by atoms with Crippen LogP contribution in [0.5, 0.6) is 0 Å². The molecule has 1 atom stereocenters. The number of carboxylic acids is 1. The van der Waals surface area contributed by atoms with E-state index < -0.39 is 17.9 Å². The number of aromatic amines is 1. The highest BCUT2D eigenvalue weighted by atomic mass is 16.4. The summed E-state index contributed by atoms with van der Waals surface area (Å²) in [6.07, 6.45) is 3.31. The number of H-pyrrole nitrogens is 1. The molecule has 0 saturated carbocycles. The molecule has 0 saturated heterocycles. The lowest BCUT2D eigenvalue weighted by atomic mass is 9.99. The molecule has 5 N–H and O–H groups in total. The minimum atomic E-state index is -1.12. The summed E-state index contributed by atoms with van der Waals surface area (Å²) < 4.78 is 0. The Kier molecular flexibility index (Phi) is 4.01. The Morgan fingerprint density at radius 1 is 1.29 bits per heavy atom. The zero-order chi connectivity index (χ0) is 17.3. The van der Waals surface area contributed by atoms with Crippen LogP contribution >= 0.6 is 0 Å². The van der Waals surface area contributed by atoms with Gasteiger partial charge in [-0.2, -0.15) is 0 Å². The van der Waals surface area contributed by atoms with Gasteiger partial charge in [0.25, 0.3) is 5.91 Å². The van der Waals surface area contributed by atoms with Crippen LogP contribution in [0.3, 0.4) is 0 Å². The van der Waals surface area contributed by atoms with Crippen LogP contribution in [0.4, 0.5) is 5.69 Å². The summed E-state index contributed by atoms with van der Waals surface area (Å²) in [5, 5.41) is 12.9. The fraction of sp³-hybridized carbons (Fsp3) is 0.118. The first-order valence-corrected chi connectivity index (χ1v) is 7.33. The third-order valence-corrected chi connectivity index (χ3v) is 3.74.